The normalized spacial score (nSPS) is 12.6. The van der Waals surface area contributed by atoms with Gasteiger partial charge >= 0.3 is 0 Å². The molecule has 1 unspecified atom stereocenters. The summed E-state index contributed by atoms with van der Waals surface area (Å²) in [6.45, 7) is 5.70. The molecular formula is C15H20BrFN4. The van der Waals surface area contributed by atoms with Gasteiger partial charge in [0.1, 0.15) is 18.0 Å². The van der Waals surface area contributed by atoms with Gasteiger partial charge < -0.3 is 5.32 Å². The Kier molecular flexibility index (Phi) is 5.87. The highest BCUT2D eigenvalue weighted by Gasteiger charge is 2.19. The number of nitrogens with one attached hydrogen (secondary N) is 1. The average Bonchev–Trinajstić information content (AvgIpc) is 2.89. The number of hydrogen-bond acceptors (Lipinski definition) is 3. The second kappa shape index (κ2) is 7.66. The molecule has 2 rings (SSSR count). The number of rotatable bonds is 7. The number of hydrogen-bond donors (Lipinski definition) is 1. The van der Waals surface area contributed by atoms with Gasteiger partial charge in [-0.2, -0.15) is 5.10 Å². The Morgan fingerprint density at radius 2 is 2.19 bits per heavy atom. The van der Waals surface area contributed by atoms with E-state index in [1.54, 1.807) is 12.4 Å². The molecule has 0 fully saturated rings. The third-order valence-corrected chi connectivity index (χ3v) is 3.94. The molecule has 0 saturated carbocycles. The Balaban J connectivity index is 2.26. The molecule has 0 radical (unpaired) electrons. The molecule has 0 aliphatic carbocycles. The Labute approximate surface area is 132 Å². The van der Waals surface area contributed by atoms with Crippen LogP contribution in [0.3, 0.4) is 0 Å². The summed E-state index contributed by atoms with van der Waals surface area (Å²) < 4.78 is 16.7. The van der Waals surface area contributed by atoms with Gasteiger partial charge in [0.25, 0.3) is 0 Å². The molecule has 1 aromatic heterocycles. The van der Waals surface area contributed by atoms with Crippen LogP contribution >= 0.6 is 15.9 Å². The lowest BCUT2D eigenvalue weighted by Crippen LogP contribution is -2.25. The maximum atomic E-state index is 14.3. The van der Waals surface area contributed by atoms with Gasteiger partial charge in [0.05, 0.1) is 4.47 Å². The monoisotopic (exact) mass is 354 g/mol. The van der Waals surface area contributed by atoms with E-state index in [4.69, 9.17) is 0 Å². The van der Waals surface area contributed by atoms with E-state index in [0.29, 0.717) is 16.5 Å². The van der Waals surface area contributed by atoms with Crippen molar-refractivity contribution in [1.82, 2.24) is 20.1 Å². The number of aromatic nitrogens is 3. The molecule has 1 atom stereocenters. The van der Waals surface area contributed by atoms with Crippen molar-refractivity contribution in [2.75, 3.05) is 6.54 Å². The van der Waals surface area contributed by atoms with Crippen molar-refractivity contribution in [1.29, 1.82) is 0 Å². The first kappa shape index (κ1) is 16.1. The van der Waals surface area contributed by atoms with Crippen LogP contribution in [0, 0.1) is 5.82 Å². The minimum Gasteiger partial charge on any atom is -0.310 e. The van der Waals surface area contributed by atoms with Gasteiger partial charge in [0.2, 0.25) is 0 Å². The minimum absolute atomic E-state index is 0.118. The summed E-state index contributed by atoms with van der Waals surface area (Å²) in [5, 5.41) is 7.56. The zero-order chi connectivity index (χ0) is 15.2. The van der Waals surface area contributed by atoms with Crippen molar-refractivity contribution in [3.05, 3.63) is 46.2 Å². The van der Waals surface area contributed by atoms with Crippen LogP contribution in [0.5, 0.6) is 0 Å². The highest BCUT2D eigenvalue weighted by molar-refractivity contribution is 9.10. The van der Waals surface area contributed by atoms with Gasteiger partial charge in [-0.05, 0) is 35.0 Å². The molecule has 0 spiro atoms. The molecule has 0 saturated heterocycles. The summed E-state index contributed by atoms with van der Waals surface area (Å²) in [6, 6.07) is 5.26. The largest absolute Gasteiger partial charge is 0.310 e. The smallest absolute Gasteiger partial charge is 0.142 e. The van der Waals surface area contributed by atoms with E-state index in [1.165, 1.54) is 0 Å². The molecule has 4 nitrogen and oxygen atoms in total. The molecule has 114 valence electrons. The molecule has 21 heavy (non-hydrogen) atoms. The van der Waals surface area contributed by atoms with Crippen LogP contribution in [-0.2, 0) is 13.0 Å². The summed E-state index contributed by atoms with van der Waals surface area (Å²) in [4.78, 5) is 4.31. The molecule has 1 N–H and O–H groups in total. The molecular weight excluding hydrogens is 335 g/mol. The molecule has 0 aliphatic heterocycles. The molecule has 1 heterocycles. The standard InChI is InChI=1S/C15H20BrFN4/c1-3-8-21-14(19-10-20-21)9-13(18-4-2)11-6-5-7-12(16)15(11)17/h5-7,10,13,18H,3-4,8-9H2,1-2H3. The summed E-state index contributed by atoms with van der Waals surface area (Å²) in [5.41, 5.74) is 0.650. The van der Waals surface area contributed by atoms with Gasteiger partial charge in [-0.1, -0.05) is 26.0 Å². The van der Waals surface area contributed by atoms with E-state index in [-0.39, 0.29) is 11.9 Å². The van der Waals surface area contributed by atoms with Crippen LogP contribution in [0.2, 0.25) is 0 Å². The van der Waals surface area contributed by atoms with E-state index in [1.807, 2.05) is 23.7 Å². The van der Waals surface area contributed by atoms with Crippen molar-refractivity contribution in [3.8, 4) is 0 Å². The highest BCUT2D eigenvalue weighted by Crippen LogP contribution is 2.25. The number of aryl methyl sites for hydroxylation is 1. The Hall–Kier alpha value is -1.27. The van der Waals surface area contributed by atoms with E-state index < -0.39 is 0 Å². The van der Waals surface area contributed by atoms with Crippen molar-refractivity contribution in [3.63, 3.8) is 0 Å². The number of likely N-dealkylation sites (N-methyl/N-ethyl adjacent to an activating group) is 1. The Morgan fingerprint density at radius 1 is 1.38 bits per heavy atom. The van der Waals surface area contributed by atoms with Gasteiger partial charge in [0.15, 0.2) is 0 Å². The third kappa shape index (κ3) is 3.89. The van der Waals surface area contributed by atoms with Gasteiger partial charge in [-0.25, -0.2) is 9.37 Å². The Bertz CT molecular complexity index is 585. The SMILES string of the molecule is CCCn1ncnc1CC(NCC)c1cccc(Br)c1F. The van der Waals surface area contributed by atoms with Gasteiger partial charge in [-0.3, -0.25) is 4.68 Å². The van der Waals surface area contributed by atoms with E-state index in [9.17, 15) is 4.39 Å². The molecule has 0 bridgehead atoms. The highest BCUT2D eigenvalue weighted by atomic mass is 79.9. The molecule has 0 aliphatic rings. The van der Waals surface area contributed by atoms with Crippen molar-refractivity contribution >= 4 is 15.9 Å². The molecule has 2 aromatic rings. The van der Waals surface area contributed by atoms with Crippen LogP contribution in [0.15, 0.2) is 29.0 Å². The fraction of sp³-hybridized carbons (Fsp3) is 0.467. The zero-order valence-electron chi connectivity index (χ0n) is 12.3. The summed E-state index contributed by atoms with van der Waals surface area (Å²) in [5.74, 6) is 0.659. The van der Waals surface area contributed by atoms with Crippen LogP contribution in [0.25, 0.3) is 0 Å². The first-order chi connectivity index (χ1) is 10.2. The fourth-order valence-corrected chi connectivity index (χ4v) is 2.74. The van der Waals surface area contributed by atoms with Crippen molar-refractivity contribution in [2.24, 2.45) is 0 Å². The van der Waals surface area contributed by atoms with E-state index >= 15 is 0 Å². The topological polar surface area (TPSA) is 42.7 Å². The molecule has 0 amide bonds. The Morgan fingerprint density at radius 3 is 2.90 bits per heavy atom. The number of nitrogens with zero attached hydrogens (tertiary/aromatic N) is 3. The maximum absolute atomic E-state index is 14.3. The summed E-state index contributed by atoms with van der Waals surface area (Å²) in [7, 11) is 0. The number of halogens is 2. The summed E-state index contributed by atoms with van der Waals surface area (Å²) in [6.07, 6.45) is 3.17. The van der Waals surface area contributed by atoms with Crippen LogP contribution in [0.4, 0.5) is 4.39 Å². The summed E-state index contributed by atoms with van der Waals surface area (Å²) >= 11 is 3.25. The van der Waals surface area contributed by atoms with Crippen LogP contribution in [-0.4, -0.2) is 21.3 Å². The van der Waals surface area contributed by atoms with Gasteiger partial charge in [-0.15, -0.1) is 0 Å². The lowest BCUT2D eigenvalue weighted by molar-refractivity contribution is 0.477. The van der Waals surface area contributed by atoms with Crippen molar-refractivity contribution in [2.45, 2.75) is 39.3 Å². The lowest BCUT2D eigenvalue weighted by Gasteiger charge is -2.19. The maximum Gasteiger partial charge on any atom is 0.142 e. The third-order valence-electron chi connectivity index (χ3n) is 3.33. The lowest BCUT2D eigenvalue weighted by atomic mass is 10.0. The molecule has 1 aromatic carbocycles. The van der Waals surface area contributed by atoms with Crippen molar-refractivity contribution < 1.29 is 4.39 Å². The first-order valence-electron chi connectivity index (χ1n) is 7.21. The predicted octanol–water partition coefficient (Wildman–Crippen LogP) is 3.48. The van der Waals surface area contributed by atoms with E-state index in [0.717, 1.165) is 25.3 Å². The second-order valence-electron chi connectivity index (χ2n) is 4.86. The quantitative estimate of drug-likeness (QED) is 0.827. The van der Waals surface area contributed by atoms with Crippen LogP contribution in [0.1, 0.15) is 37.7 Å². The zero-order valence-corrected chi connectivity index (χ0v) is 13.9. The van der Waals surface area contributed by atoms with Crippen LogP contribution < -0.4 is 5.32 Å². The average molecular weight is 355 g/mol. The van der Waals surface area contributed by atoms with E-state index in [2.05, 4.69) is 38.3 Å². The molecule has 6 heteroatoms. The van der Waals surface area contributed by atoms with Gasteiger partial charge in [0, 0.05) is 24.6 Å². The second-order valence-corrected chi connectivity index (χ2v) is 5.71. The number of benzene rings is 1. The fourth-order valence-electron chi connectivity index (χ4n) is 2.36. The minimum atomic E-state index is -0.218. The predicted molar refractivity (Wildman–Crippen MR) is 84.5 cm³/mol. The first-order valence-corrected chi connectivity index (χ1v) is 8.00.